The van der Waals surface area contributed by atoms with Crippen LogP contribution in [0.2, 0.25) is 0 Å². The zero-order chi connectivity index (χ0) is 42.2. The molecule has 5 heteroatoms. The van der Waals surface area contributed by atoms with Crippen LogP contribution in [0.15, 0.2) is 168 Å². The first-order valence-corrected chi connectivity index (χ1v) is 22.0. The molecule has 2 aromatic heterocycles. The zero-order valence-electron chi connectivity index (χ0n) is 35.5. The first kappa shape index (κ1) is 39.0. The van der Waals surface area contributed by atoms with Crippen molar-refractivity contribution < 1.29 is 4.42 Å². The molecule has 1 aliphatic carbocycles. The van der Waals surface area contributed by atoms with E-state index in [1.165, 1.54) is 31.2 Å². The third-order valence-corrected chi connectivity index (χ3v) is 13.2. The van der Waals surface area contributed by atoms with Gasteiger partial charge in [0.2, 0.25) is 0 Å². The third-order valence-electron chi connectivity index (χ3n) is 13.2. The van der Waals surface area contributed by atoms with Crippen molar-refractivity contribution in [2.45, 2.75) is 58.3 Å². The summed E-state index contributed by atoms with van der Waals surface area (Å²) < 4.78 is 6.82. The summed E-state index contributed by atoms with van der Waals surface area (Å²) in [6.07, 6.45) is 6.29. The highest BCUT2D eigenvalue weighted by Crippen LogP contribution is 2.46. The van der Waals surface area contributed by atoms with Crippen LogP contribution < -0.4 is 0 Å². The van der Waals surface area contributed by atoms with Crippen LogP contribution in [-0.4, -0.2) is 15.0 Å². The van der Waals surface area contributed by atoms with Gasteiger partial charge in [-0.15, -0.1) is 0 Å². The van der Waals surface area contributed by atoms with Gasteiger partial charge in [-0.1, -0.05) is 167 Å². The van der Waals surface area contributed by atoms with Gasteiger partial charge in [0.25, 0.3) is 0 Å². The molecule has 10 rings (SSSR count). The highest BCUT2D eigenvalue weighted by molar-refractivity contribution is 6.15. The summed E-state index contributed by atoms with van der Waals surface area (Å²) in [6.45, 7) is 7.25. The summed E-state index contributed by atoms with van der Waals surface area (Å²) in [5, 5.41) is 11.4. The van der Waals surface area contributed by atoms with Gasteiger partial charge in [0, 0.05) is 33.0 Å². The Morgan fingerprint density at radius 2 is 1.08 bits per heavy atom. The lowest BCUT2D eigenvalue weighted by atomic mass is 9.69. The van der Waals surface area contributed by atoms with Crippen LogP contribution >= 0.6 is 0 Å². The quantitative estimate of drug-likeness (QED) is 0.143. The summed E-state index contributed by atoms with van der Waals surface area (Å²) in [5.41, 5.74) is 13.0. The molecule has 1 aliphatic rings. The monoisotopic (exact) mass is 804 g/mol. The molecule has 0 saturated heterocycles. The van der Waals surface area contributed by atoms with Crippen LogP contribution in [0.4, 0.5) is 0 Å². The summed E-state index contributed by atoms with van der Waals surface area (Å²) in [4.78, 5) is 15.6. The van der Waals surface area contributed by atoms with Crippen LogP contribution in [0.25, 0.3) is 89.5 Å². The minimum Gasteiger partial charge on any atom is -0.455 e. The highest BCUT2D eigenvalue weighted by atomic mass is 16.3. The molecule has 1 fully saturated rings. The lowest BCUT2D eigenvalue weighted by Crippen LogP contribution is -2.28. The number of para-hydroxylation sites is 1. The van der Waals surface area contributed by atoms with E-state index in [2.05, 4.69) is 136 Å². The van der Waals surface area contributed by atoms with E-state index in [4.69, 9.17) is 19.4 Å². The van der Waals surface area contributed by atoms with E-state index < -0.39 is 0 Å². The number of aromatic nitrogens is 3. The van der Waals surface area contributed by atoms with Gasteiger partial charge >= 0.3 is 0 Å². The molecule has 1 unspecified atom stereocenters. The normalized spacial score (nSPS) is 17.8. The van der Waals surface area contributed by atoms with Crippen LogP contribution in [0.5, 0.6) is 0 Å². The smallest absolute Gasteiger partial charge is 0.164 e. The minimum atomic E-state index is 0.213. The number of nitrogens with zero attached hydrogens (tertiary/aromatic N) is 4. The Labute approximate surface area is 363 Å². The highest BCUT2D eigenvalue weighted by Gasteiger charge is 2.36. The first-order chi connectivity index (χ1) is 30.4. The van der Waals surface area contributed by atoms with E-state index in [-0.39, 0.29) is 5.41 Å². The maximum absolute atomic E-state index is 9.40. The Morgan fingerprint density at radius 1 is 0.548 bits per heavy atom. The van der Waals surface area contributed by atoms with E-state index in [1.807, 2.05) is 54.6 Å². The lowest BCUT2D eigenvalue weighted by Gasteiger charge is -2.35. The van der Waals surface area contributed by atoms with Crippen molar-refractivity contribution in [3.05, 3.63) is 175 Å². The molecule has 2 heterocycles. The number of fused-ring (bicyclic) bond motifs is 3. The van der Waals surface area contributed by atoms with Gasteiger partial charge in [0.1, 0.15) is 11.2 Å². The Morgan fingerprint density at radius 3 is 1.71 bits per heavy atom. The second kappa shape index (κ2) is 16.4. The van der Waals surface area contributed by atoms with E-state index >= 15 is 0 Å². The van der Waals surface area contributed by atoms with Crippen molar-refractivity contribution in [3.63, 3.8) is 0 Å². The molecule has 0 bridgehead atoms. The van der Waals surface area contributed by atoms with Crippen molar-refractivity contribution in [2.24, 2.45) is 11.8 Å². The maximum atomic E-state index is 9.40. The Bertz CT molecular complexity index is 3090. The topological polar surface area (TPSA) is 75.6 Å². The molecule has 1 saturated carbocycles. The number of nitriles is 1. The average molecular weight is 805 g/mol. The SMILES string of the molecule is CCC1(c2ccc(-c3cccc4c3oc3cccc(-c5nc(-c6cccc(-c7ccccc7)c6)nc(-c6cccc(-c7ccc(C#N)cc7)c6)n5)c34)cc2)C[C@H](C)CC[C@H](C)C1. The number of rotatable bonds is 8. The molecule has 7 aromatic carbocycles. The van der Waals surface area contributed by atoms with E-state index in [1.54, 1.807) is 0 Å². The van der Waals surface area contributed by atoms with Crippen LogP contribution in [0.3, 0.4) is 0 Å². The molecule has 3 atom stereocenters. The Kier molecular flexibility index (Phi) is 10.3. The molecule has 0 N–H and O–H groups in total. The number of hydrogen-bond donors (Lipinski definition) is 0. The number of furan rings is 1. The van der Waals surface area contributed by atoms with Crippen LogP contribution in [0.1, 0.15) is 64.0 Å². The Hall–Kier alpha value is -7.16. The second-order valence-corrected chi connectivity index (χ2v) is 17.4. The van der Waals surface area contributed by atoms with Crippen molar-refractivity contribution in [2.75, 3.05) is 0 Å². The van der Waals surface area contributed by atoms with E-state index in [9.17, 15) is 5.26 Å². The molecule has 5 nitrogen and oxygen atoms in total. The van der Waals surface area contributed by atoms with Gasteiger partial charge in [0.05, 0.1) is 11.6 Å². The standard InChI is InChI=1S/C57H48N4O/c1-4-57(34-37(2)22-23-38(3)35-57)47-30-28-42(29-31-47)48-18-10-19-49-52-50(20-11-21-51(52)62-53(48)49)56-60-54(45-16-8-14-43(32-45)40-12-6-5-7-13-40)59-55(61-56)46-17-9-15-44(33-46)41-26-24-39(36-58)25-27-41/h5-21,24-33,37-38H,4,22-23,34-35H2,1-3H3/t37-,38+,57?. The molecule has 0 spiro atoms. The summed E-state index contributed by atoms with van der Waals surface area (Å²) in [7, 11) is 0. The van der Waals surface area contributed by atoms with Gasteiger partial charge in [-0.3, -0.25) is 0 Å². The van der Waals surface area contributed by atoms with Crippen LogP contribution in [0, 0.1) is 23.2 Å². The van der Waals surface area contributed by atoms with E-state index in [0.717, 1.165) is 90.3 Å². The average Bonchev–Trinajstić information content (AvgIpc) is 3.65. The lowest BCUT2D eigenvalue weighted by molar-refractivity contribution is 0.295. The van der Waals surface area contributed by atoms with Crippen molar-refractivity contribution in [1.29, 1.82) is 5.26 Å². The maximum Gasteiger partial charge on any atom is 0.164 e. The van der Waals surface area contributed by atoms with Crippen molar-refractivity contribution >= 4 is 21.9 Å². The fraction of sp³-hybridized carbons (Fsp3) is 0.193. The molecule has 0 aliphatic heterocycles. The van der Waals surface area contributed by atoms with Gasteiger partial charge < -0.3 is 4.42 Å². The largest absolute Gasteiger partial charge is 0.455 e. The number of hydrogen-bond acceptors (Lipinski definition) is 5. The van der Waals surface area contributed by atoms with Gasteiger partial charge in [0.15, 0.2) is 17.5 Å². The zero-order valence-corrected chi connectivity index (χ0v) is 35.5. The second-order valence-electron chi connectivity index (χ2n) is 17.4. The molecular formula is C57H48N4O. The molecule has 302 valence electrons. The van der Waals surface area contributed by atoms with Gasteiger partial charge in [-0.05, 0) is 100 Å². The molecule has 0 amide bonds. The minimum absolute atomic E-state index is 0.213. The van der Waals surface area contributed by atoms with Gasteiger partial charge in [-0.25, -0.2) is 15.0 Å². The van der Waals surface area contributed by atoms with Gasteiger partial charge in [-0.2, -0.15) is 5.26 Å². The third kappa shape index (κ3) is 7.37. The fourth-order valence-electron chi connectivity index (χ4n) is 9.98. The predicted octanol–water partition coefficient (Wildman–Crippen LogP) is 15.1. The molecule has 62 heavy (non-hydrogen) atoms. The molecular weight excluding hydrogens is 757 g/mol. The molecule has 0 radical (unpaired) electrons. The van der Waals surface area contributed by atoms with Crippen molar-refractivity contribution in [3.8, 4) is 73.6 Å². The predicted molar refractivity (Wildman–Crippen MR) is 253 cm³/mol. The Balaban J connectivity index is 1.10. The first-order valence-electron chi connectivity index (χ1n) is 22.0. The summed E-state index contributed by atoms with van der Waals surface area (Å²) in [5.74, 6) is 3.18. The van der Waals surface area contributed by atoms with E-state index in [0.29, 0.717) is 23.0 Å². The fourth-order valence-corrected chi connectivity index (χ4v) is 9.98. The van der Waals surface area contributed by atoms with Crippen LogP contribution in [-0.2, 0) is 5.41 Å². The summed E-state index contributed by atoms with van der Waals surface area (Å²) in [6, 6.07) is 58.9. The molecule has 9 aromatic rings. The van der Waals surface area contributed by atoms with Crippen molar-refractivity contribution in [1.82, 2.24) is 15.0 Å². The summed E-state index contributed by atoms with van der Waals surface area (Å²) >= 11 is 0. The number of benzene rings is 7.